The Balaban J connectivity index is 1.84. The number of amides is 2. The van der Waals surface area contributed by atoms with Crippen LogP contribution in [-0.2, 0) is 16.0 Å². The molecule has 138 valence electrons. The van der Waals surface area contributed by atoms with Gasteiger partial charge in [0.25, 0.3) is 11.8 Å². The summed E-state index contributed by atoms with van der Waals surface area (Å²) >= 11 is 0. The zero-order valence-corrected chi connectivity index (χ0v) is 16.0. The Hall–Kier alpha value is -2.66. The molecule has 0 saturated carbocycles. The number of aryl methyl sites for hydroxylation is 3. The van der Waals surface area contributed by atoms with Gasteiger partial charge >= 0.3 is 0 Å². The summed E-state index contributed by atoms with van der Waals surface area (Å²) < 4.78 is 0. The van der Waals surface area contributed by atoms with Crippen molar-refractivity contribution in [2.45, 2.75) is 27.2 Å². The van der Waals surface area contributed by atoms with Crippen molar-refractivity contribution >= 4 is 23.2 Å². The smallest absolute Gasteiger partial charge is 0.279 e. The van der Waals surface area contributed by atoms with Crippen molar-refractivity contribution in [3.63, 3.8) is 0 Å². The highest BCUT2D eigenvalue weighted by Gasteiger charge is 2.15. The average molecular weight is 354 g/mol. The minimum Gasteiger partial charge on any atom is -0.322 e. The molecule has 5 heteroatoms. The summed E-state index contributed by atoms with van der Waals surface area (Å²) in [7, 11) is 1.84. The lowest BCUT2D eigenvalue weighted by atomic mass is 10.1. The van der Waals surface area contributed by atoms with Gasteiger partial charge in [-0.1, -0.05) is 37.3 Å². The van der Waals surface area contributed by atoms with E-state index in [1.807, 2.05) is 63.4 Å². The van der Waals surface area contributed by atoms with Crippen molar-refractivity contribution in [1.82, 2.24) is 0 Å². The summed E-state index contributed by atoms with van der Waals surface area (Å²) in [5.74, 6) is -0.202. The predicted octanol–water partition coefficient (Wildman–Crippen LogP) is 1.96. The van der Waals surface area contributed by atoms with Crippen LogP contribution in [0.5, 0.6) is 0 Å². The normalized spacial score (nSPS) is 11.7. The van der Waals surface area contributed by atoms with E-state index in [1.165, 1.54) is 5.56 Å². The van der Waals surface area contributed by atoms with Gasteiger partial charge in [0.05, 0.1) is 7.05 Å². The van der Waals surface area contributed by atoms with Crippen LogP contribution in [0.4, 0.5) is 11.4 Å². The zero-order valence-electron chi connectivity index (χ0n) is 16.0. The van der Waals surface area contributed by atoms with Crippen molar-refractivity contribution in [2.24, 2.45) is 0 Å². The molecule has 0 aliphatic heterocycles. The Labute approximate surface area is 155 Å². The van der Waals surface area contributed by atoms with Crippen LogP contribution >= 0.6 is 0 Å². The maximum absolute atomic E-state index is 12.3. The quantitative estimate of drug-likeness (QED) is 0.712. The van der Waals surface area contributed by atoms with E-state index in [0.29, 0.717) is 0 Å². The van der Waals surface area contributed by atoms with Crippen LogP contribution in [0.25, 0.3) is 0 Å². The van der Waals surface area contributed by atoms with E-state index in [0.717, 1.165) is 33.8 Å². The summed E-state index contributed by atoms with van der Waals surface area (Å²) in [6.07, 6.45) is 0.969. The first kappa shape index (κ1) is 19.7. The van der Waals surface area contributed by atoms with Gasteiger partial charge in [-0.15, -0.1) is 0 Å². The lowest BCUT2D eigenvalue weighted by Gasteiger charge is -2.15. The molecule has 3 N–H and O–H groups in total. The van der Waals surface area contributed by atoms with Gasteiger partial charge in [-0.2, -0.15) is 0 Å². The van der Waals surface area contributed by atoms with Crippen LogP contribution in [0.2, 0.25) is 0 Å². The van der Waals surface area contributed by atoms with Gasteiger partial charge in [-0.25, -0.2) is 0 Å². The number of carbonyl (C=O) groups excluding carboxylic acids is 2. The third-order valence-electron chi connectivity index (χ3n) is 4.32. The second-order valence-corrected chi connectivity index (χ2v) is 6.72. The Morgan fingerprint density at radius 1 is 0.885 bits per heavy atom. The number of likely N-dealkylation sites (N-methyl/N-ethyl adjacent to an activating group) is 1. The molecule has 1 unspecified atom stereocenters. The molecule has 0 heterocycles. The predicted molar refractivity (Wildman–Crippen MR) is 106 cm³/mol. The Morgan fingerprint density at radius 3 is 1.96 bits per heavy atom. The first-order chi connectivity index (χ1) is 12.4. The largest absolute Gasteiger partial charge is 0.322 e. The monoisotopic (exact) mass is 354 g/mol. The third-order valence-corrected chi connectivity index (χ3v) is 4.32. The van der Waals surface area contributed by atoms with E-state index < -0.39 is 0 Å². The van der Waals surface area contributed by atoms with Gasteiger partial charge in [0, 0.05) is 11.4 Å². The van der Waals surface area contributed by atoms with Crippen molar-refractivity contribution in [1.29, 1.82) is 0 Å². The van der Waals surface area contributed by atoms with Crippen LogP contribution < -0.4 is 15.5 Å². The number of rotatable bonds is 7. The van der Waals surface area contributed by atoms with Gasteiger partial charge in [-0.05, 0) is 49.1 Å². The fourth-order valence-electron chi connectivity index (χ4n) is 2.83. The second-order valence-electron chi connectivity index (χ2n) is 6.72. The average Bonchev–Trinajstić information content (AvgIpc) is 2.58. The number of para-hydroxylation sites is 1. The molecular weight excluding hydrogens is 326 g/mol. The van der Waals surface area contributed by atoms with Gasteiger partial charge in [0.1, 0.15) is 0 Å². The highest BCUT2D eigenvalue weighted by atomic mass is 16.2. The van der Waals surface area contributed by atoms with Crippen LogP contribution in [0, 0.1) is 13.8 Å². The lowest BCUT2D eigenvalue weighted by molar-refractivity contribution is -0.862. The Bertz CT molecular complexity index is 749. The SMILES string of the molecule is CCc1ccc(NC(=O)C[NH+](C)CC(=O)Nc2c(C)cccc2C)cc1. The molecule has 0 spiro atoms. The number of carbonyl (C=O) groups is 2. The fourth-order valence-corrected chi connectivity index (χ4v) is 2.83. The van der Waals surface area contributed by atoms with Crippen LogP contribution in [0.1, 0.15) is 23.6 Å². The minimum atomic E-state index is -0.105. The molecular formula is C21H28N3O2+. The number of anilines is 2. The molecule has 0 bridgehead atoms. The van der Waals surface area contributed by atoms with Gasteiger partial charge in [-0.3, -0.25) is 9.59 Å². The number of hydrogen-bond donors (Lipinski definition) is 3. The van der Waals surface area contributed by atoms with Gasteiger partial charge in [0.15, 0.2) is 13.1 Å². The topological polar surface area (TPSA) is 62.6 Å². The van der Waals surface area contributed by atoms with E-state index in [1.54, 1.807) is 0 Å². The van der Waals surface area contributed by atoms with E-state index in [9.17, 15) is 9.59 Å². The molecule has 0 saturated heterocycles. The Morgan fingerprint density at radius 2 is 1.42 bits per heavy atom. The van der Waals surface area contributed by atoms with Gasteiger partial charge < -0.3 is 15.5 Å². The number of benzene rings is 2. The number of quaternary nitrogens is 1. The Kier molecular flexibility index (Phi) is 6.92. The molecule has 0 aromatic heterocycles. The summed E-state index contributed by atoms with van der Waals surface area (Å²) in [5, 5.41) is 5.83. The molecule has 2 rings (SSSR count). The highest BCUT2D eigenvalue weighted by molar-refractivity contribution is 5.94. The zero-order chi connectivity index (χ0) is 19.1. The third kappa shape index (κ3) is 5.70. The van der Waals surface area contributed by atoms with Crippen molar-refractivity contribution < 1.29 is 14.5 Å². The molecule has 0 radical (unpaired) electrons. The molecule has 0 aliphatic rings. The van der Waals surface area contributed by atoms with E-state index in [4.69, 9.17) is 0 Å². The molecule has 5 nitrogen and oxygen atoms in total. The van der Waals surface area contributed by atoms with Crippen LogP contribution in [-0.4, -0.2) is 32.0 Å². The molecule has 2 amide bonds. The molecule has 0 aliphatic carbocycles. The van der Waals surface area contributed by atoms with Crippen molar-refractivity contribution in [2.75, 3.05) is 30.8 Å². The van der Waals surface area contributed by atoms with Crippen LogP contribution in [0.15, 0.2) is 42.5 Å². The van der Waals surface area contributed by atoms with E-state index >= 15 is 0 Å². The van der Waals surface area contributed by atoms with E-state index in [-0.39, 0.29) is 24.9 Å². The number of hydrogen-bond acceptors (Lipinski definition) is 2. The minimum absolute atomic E-state index is 0.0972. The van der Waals surface area contributed by atoms with Crippen molar-refractivity contribution in [3.05, 3.63) is 59.2 Å². The summed E-state index contributed by atoms with van der Waals surface area (Å²) in [4.78, 5) is 25.3. The molecule has 0 fully saturated rings. The molecule has 2 aromatic rings. The molecule has 1 atom stereocenters. The molecule has 26 heavy (non-hydrogen) atoms. The van der Waals surface area contributed by atoms with Crippen LogP contribution in [0.3, 0.4) is 0 Å². The maximum atomic E-state index is 12.3. The second kappa shape index (κ2) is 9.15. The maximum Gasteiger partial charge on any atom is 0.279 e. The summed E-state index contributed by atoms with van der Waals surface area (Å²) in [6.45, 7) is 6.49. The van der Waals surface area contributed by atoms with Gasteiger partial charge in [0.2, 0.25) is 0 Å². The number of nitrogens with one attached hydrogen (secondary N) is 3. The standard InChI is InChI=1S/C21H27N3O2/c1-5-17-9-11-18(12-10-17)22-19(25)13-24(4)14-20(26)23-21-15(2)7-6-8-16(21)3/h6-12H,5,13-14H2,1-4H3,(H,22,25)(H,23,26)/p+1. The first-order valence-electron chi connectivity index (χ1n) is 8.95. The lowest BCUT2D eigenvalue weighted by Crippen LogP contribution is -3.11. The fraction of sp³-hybridized carbons (Fsp3) is 0.333. The van der Waals surface area contributed by atoms with E-state index in [2.05, 4.69) is 17.6 Å². The van der Waals surface area contributed by atoms with Crippen molar-refractivity contribution in [3.8, 4) is 0 Å². The first-order valence-corrected chi connectivity index (χ1v) is 8.95. The highest BCUT2D eigenvalue weighted by Crippen LogP contribution is 2.18. The summed E-state index contributed by atoms with van der Waals surface area (Å²) in [6, 6.07) is 13.7. The molecule has 2 aromatic carbocycles. The summed E-state index contributed by atoms with van der Waals surface area (Å²) in [5.41, 5.74) is 4.92.